The van der Waals surface area contributed by atoms with E-state index in [9.17, 15) is 0 Å². The Morgan fingerprint density at radius 1 is 0.464 bits per heavy atom. The van der Waals surface area contributed by atoms with Gasteiger partial charge in [-0.25, -0.2) is 0 Å². The predicted octanol–water partition coefficient (Wildman–Crippen LogP) is 7.29. The summed E-state index contributed by atoms with van der Waals surface area (Å²) < 4.78 is 0. The minimum Gasteiger partial charge on any atom is -0.0622 e. The third-order valence-electron chi connectivity index (χ3n) is 5.55. The van der Waals surface area contributed by atoms with E-state index >= 15 is 0 Å². The quantitative estimate of drug-likeness (QED) is 0.311. The average Bonchev–Trinajstić information content (AvgIpc) is 3.02. The first kappa shape index (κ1) is 16.8. The van der Waals surface area contributed by atoms with Crippen LogP contribution in [-0.4, -0.2) is 0 Å². The molecule has 0 heterocycles. The van der Waals surface area contributed by atoms with Gasteiger partial charge in [-0.1, -0.05) is 108 Å². The standard InChI is InChI=1S/C28H22/c1-19-13-15-23-24-16-14-20(2)18-26(24)28(25(23)17-19)27(21-9-5-3-6-10-21)22-11-7-4-8-12-22/h3-18H,1-2H3. The molecule has 1 aliphatic carbocycles. The lowest BCUT2D eigenvalue weighted by molar-refractivity contribution is 1.46. The number of hydrogen-bond donors (Lipinski definition) is 0. The van der Waals surface area contributed by atoms with Crippen molar-refractivity contribution in [3.05, 3.63) is 130 Å². The van der Waals surface area contributed by atoms with Crippen LogP contribution in [0.3, 0.4) is 0 Å². The minimum absolute atomic E-state index is 1.26. The molecule has 28 heavy (non-hydrogen) atoms. The molecule has 0 aliphatic heterocycles. The Morgan fingerprint density at radius 2 is 0.893 bits per heavy atom. The summed E-state index contributed by atoms with van der Waals surface area (Å²) in [5.74, 6) is 0. The summed E-state index contributed by atoms with van der Waals surface area (Å²) in [6.45, 7) is 4.35. The van der Waals surface area contributed by atoms with E-state index in [1.807, 2.05) is 0 Å². The molecule has 0 nitrogen and oxygen atoms in total. The highest BCUT2D eigenvalue weighted by molar-refractivity contribution is 6.13. The molecule has 0 saturated heterocycles. The van der Waals surface area contributed by atoms with Crippen molar-refractivity contribution in [3.8, 4) is 11.1 Å². The lowest BCUT2D eigenvalue weighted by atomic mass is 9.88. The molecule has 0 bridgehead atoms. The van der Waals surface area contributed by atoms with Gasteiger partial charge in [0.05, 0.1) is 0 Å². The van der Waals surface area contributed by atoms with Gasteiger partial charge in [0, 0.05) is 0 Å². The van der Waals surface area contributed by atoms with Gasteiger partial charge in [0.1, 0.15) is 0 Å². The molecule has 0 spiro atoms. The maximum absolute atomic E-state index is 2.34. The first-order valence-electron chi connectivity index (χ1n) is 9.80. The molecule has 0 saturated carbocycles. The smallest absolute Gasteiger partial charge is 0.00141 e. The van der Waals surface area contributed by atoms with Gasteiger partial charge in [0.15, 0.2) is 0 Å². The lowest BCUT2D eigenvalue weighted by Crippen LogP contribution is -1.95. The molecule has 0 N–H and O–H groups in total. The molecule has 0 radical (unpaired) electrons. The summed E-state index contributed by atoms with van der Waals surface area (Å²) in [5.41, 5.74) is 13.1. The monoisotopic (exact) mass is 358 g/mol. The summed E-state index contributed by atoms with van der Waals surface area (Å²) in [5, 5.41) is 0. The summed E-state index contributed by atoms with van der Waals surface area (Å²) in [6, 6.07) is 35.2. The Morgan fingerprint density at radius 3 is 1.32 bits per heavy atom. The predicted molar refractivity (Wildman–Crippen MR) is 119 cm³/mol. The van der Waals surface area contributed by atoms with Crippen LogP contribution >= 0.6 is 0 Å². The Bertz CT molecular complexity index is 1100. The fourth-order valence-electron chi connectivity index (χ4n) is 4.28. The Balaban J connectivity index is 1.94. The van der Waals surface area contributed by atoms with Crippen LogP contribution in [0.1, 0.15) is 33.4 Å². The fourth-order valence-corrected chi connectivity index (χ4v) is 4.28. The van der Waals surface area contributed by atoms with Crippen LogP contribution in [0, 0.1) is 13.8 Å². The molecular formula is C28H22. The Hall–Kier alpha value is -3.38. The largest absolute Gasteiger partial charge is 0.0622 e. The Kier molecular flexibility index (Phi) is 3.98. The first-order chi connectivity index (χ1) is 13.7. The van der Waals surface area contributed by atoms with Gasteiger partial charge >= 0.3 is 0 Å². The highest BCUT2D eigenvalue weighted by Crippen LogP contribution is 2.49. The van der Waals surface area contributed by atoms with E-state index in [-0.39, 0.29) is 0 Å². The maximum atomic E-state index is 2.34. The normalized spacial score (nSPS) is 11.9. The van der Waals surface area contributed by atoms with Crippen molar-refractivity contribution in [2.24, 2.45) is 0 Å². The number of benzene rings is 4. The second-order valence-electron chi connectivity index (χ2n) is 7.58. The van der Waals surface area contributed by atoms with Crippen LogP contribution in [0.2, 0.25) is 0 Å². The zero-order valence-electron chi connectivity index (χ0n) is 16.2. The topological polar surface area (TPSA) is 0 Å². The van der Waals surface area contributed by atoms with Gasteiger partial charge in [-0.05, 0) is 58.4 Å². The zero-order chi connectivity index (χ0) is 19.1. The van der Waals surface area contributed by atoms with Crippen molar-refractivity contribution in [1.29, 1.82) is 0 Å². The summed E-state index contributed by atoms with van der Waals surface area (Å²) in [4.78, 5) is 0. The minimum atomic E-state index is 1.26. The van der Waals surface area contributed by atoms with E-state index in [0.29, 0.717) is 0 Å². The van der Waals surface area contributed by atoms with Crippen molar-refractivity contribution < 1.29 is 0 Å². The van der Waals surface area contributed by atoms with Crippen LogP contribution in [-0.2, 0) is 0 Å². The molecule has 134 valence electrons. The molecule has 0 fully saturated rings. The van der Waals surface area contributed by atoms with E-state index < -0.39 is 0 Å². The molecule has 4 aromatic rings. The second kappa shape index (κ2) is 6.65. The fraction of sp³-hybridized carbons (Fsp3) is 0.0714. The highest BCUT2D eigenvalue weighted by atomic mass is 14.3. The van der Waals surface area contributed by atoms with E-state index in [1.54, 1.807) is 0 Å². The van der Waals surface area contributed by atoms with Crippen LogP contribution in [0.25, 0.3) is 22.3 Å². The van der Waals surface area contributed by atoms with E-state index in [1.165, 1.54) is 55.7 Å². The SMILES string of the molecule is Cc1ccc2c(c1)C(=C(c1ccccc1)c1ccccc1)c1cc(C)ccc1-2. The van der Waals surface area contributed by atoms with Gasteiger partial charge in [0.2, 0.25) is 0 Å². The number of aryl methyl sites for hydroxylation is 2. The van der Waals surface area contributed by atoms with Crippen LogP contribution in [0.5, 0.6) is 0 Å². The second-order valence-corrected chi connectivity index (χ2v) is 7.58. The van der Waals surface area contributed by atoms with Crippen molar-refractivity contribution >= 4 is 11.1 Å². The molecule has 5 rings (SSSR count). The molecule has 0 heteroatoms. The third kappa shape index (κ3) is 2.70. The van der Waals surface area contributed by atoms with Crippen LogP contribution in [0.4, 0.5) is 0 Å². The number of fused-ring (bicyclic) bond motifs is 3. The molecule has 1 aliphatic rings. The average molecular weight is 358 g/mol. The van der Waals surface area contributed by atoms with E-state index in [2.05, 4.69) is 111 Å². The number of hydrogen-bond acceptors (Lipinski definition) is 0. The van der Waals surface area contributed by atoms with Crippen LogP contribution in [0.15, 0.2) is 97.1 Å². The van der Waals surface area contributed by atoms with Gasteiger partial charge in [-0.2, -0.15) is 0 Å². The van der Waals surface area contributed by atoms with Crippen LogP contribution < -0.4 is 0 Å². The highest BCUT2D eigenvalue weighted by Gasteiger charge is 2.27. The van der Waals surface area contributed by atoms with Gasteiger partial charge in [0.25, 0.3) is 0 Å². The molecule has 0 unspecified atom stereocenters. The van der Waals surface area contributed by atoms with Crippen molar-refractivity contribution in [1.82, 2.24) is 0 Å². The van der Waals surface area contributed by atoms with Gasteiger partial charge in [-0.15, -0.1) is 0 Å². The van der Waals surface area contributed by atoms with Gasteiger partial charge in [-0.3, -0.25) is 0 Å². The molecular weight excluding hydrogens is 336 g/mol. The Labute approximate surface area is 166 Å². The van der Waals surface area contributed by atoms with Crippen molar-refractivity contribution in [2.45, 2.75) is 13.8 Å². The van der Waals surface area contributed by atoms with E-state index in [0.717, 1.165) is 0 Å². The van der Waals surface area contributed by atoms with Crippen molar-refractivity contribution in [3.63, 3.8) is 0 Å². The third-order valence-corrected chi connectivity index (χ3v) is 5.55. The summed E-state index contributed by atoms with van der Waals surface area (Å²) in [6.07, 6.45) is 0. The maximum Gasteiger partial charge on any atom is -0.00141 e. The first-order valence-corrected chi connectivity index (χ1v) is 9.80. The van der Waals surface area contributed by atoms with E-state index in [4.69, 9.17) is 0 Å². The zero-order valence-corrected chi connectivity index (χ0v) is 16.2. The summed E-state index contributed by atoms with van der Waals surface area (Å²) >= 11 is 0. The molecule has 0 amide bonds. The summed E-state index contributed by atoms with van der Waals surface area (Å²) in [7, 11) is 0. The molecule has 0 aromatic heterocycles. The molecule has 4 aromatic carbocycles. The number of rotatable bonds is 2. The van der Waals surface area contributed by atoms with Crippen molar-refractivity contribution in [2.75, 3.05) is 0 Å². The lowest BCUT2D eigenvalue weighted by Gasteiger charge is -2.15. The molecule has 0 atom stereocenters. The van der Waals surface area contributed by atoms with Gasteiger partial charge < -0.3 is 0 Å².